The molecule has 1 heterocycles. The fourth-order valence-corrected chi connectivity index (χ4v) is 3.54. The van der Waals surface area contributed by atoms with E-state index in [1.54, 1.807) is 24.5 Å². The zero-order valence-corrected chi connectivity index (χ0v) is 13.5. The van der Waals surface area contributed by atoms with Crippen LogP contribution in [0.4, 0.5) is 10.1 Å². The van der Waals surface area contributed by atoms with Crippen molar-refractivity contribution in [2.24, 2.45) is 0 Å². The van der Waals surface area contributed by atoms with Crippen LogP contribution in [0.15, 0.2) is 46.0 Å². The number of benzene rings is 1. The normalized spacial score (nSPS) is 11.8. The number of sulfonamides is 1. The second kappa shape index (κ2) is 6.08. The van der Waals surface area contributed by atoms with Crippen LogP contribution in [0.5, 0.6) is 0 Å². The highest BCUT2D eigenvalue weighted by Gasteiger charge is 2.24. The highest BCUT2D eigenvalue weighted by molar-refractivity contribution is 9.10. The Kier molecular flexibility index (Phi) is 4.60. The number of nitrogen functional groups attached to an aromatic ring is 1. The number of nitrogens with two attached hydrogens (primary N) is 1. The van der Waals surface area contributed by atoms with Crippen LogP contribution in [0.3, 0.4) is 0 Å². The lowest BCUT2D eigenvalue weighted by Gasteiger charge is -2.18. The number of rotatable bonds is 4. The van der Waals surface area contributed by atoms with E-state index in [-0.39, 0.29) is 21.6 Å². The summed E-state index contributed by atoms with van der Waals surface area (Å²) in [6.07, 6.45) is 3.16. The van der Waals surface area contributed by atoms with Gasteiger partial charge in [-0.2, -0.15) is 4.31 Å². The van der Waals surface area contributed by atoms with Crippen LogP contribution in [0.25, 0.3) is 0 Å². The summed E-state index contributed by atoms with van der Waals surface area (Å²) < 4.78 is 39.6. The third-order valence-corrected chi connectivity index (χ3v) is 5.36. The van der Waals surface area contributed by atoms with Crippen LogP contribution in [0, 0.1) is 5.82 Å². The van der Waals surface area contributed by atoms with E-state index in [0.717, 1.165) is 15.9 Å². The monoisotopic (exact) mass is 373 g/mol. The molecule has 0 saturated carbocycles. The molecular formula is C13H13BrFN3O2S. The van der Waals surface area contributed by atoms with Gasteiger partial charge in [-0.15, -0.1) is 0 Å². The molecule has 8 heteroatoms. The Labute approximate surface area is 130 Å². The van der Waals surface area contributed by atoms with E-state index in [0.29, 0.717) is 0 Å². The van der Waals surface area contributed by atoms with Gasteiger partial charge in [-0.05, 0) is 45.8 Å². The van der Waals surface area contributed by atoms with E-state index >= 15 is 0 Å². The van der Waals surface area contributed by atoms with E-state index in [1.165, 1.54) is 13.1 Å². The fourth-order valence-electron chi connectivity index (χ4n) is 1.77. The molecule has 0 amide bonds. The van der Waals surface area contributed by atoms with Gasteiger partial charge in [0.2, 0.25) is 10.0 Å². The zero-order chi connectivity index (χ0) is 15.6. The van der Waals surface area contributed by atoms with Crippen LogP contribution in [0.2, 0.25) is 0 Å². The average Bonchev–Trinajstić information content (AvgIpc) is 2.43. The summed E-state index contributed by atoms with van der Waals surface area (Å²) in [6.45, 7) is 0.166. The molecular weight excluding hydrogens is 361 g/mol. The molecule has 112 valence electrons. The van der Waals surface area contributed by atoms with Crippen LogP contribution in [0.1, 0.15) is 5.56 Å². The molecule has 2 N–H and O–H groups in total. The van der Waals surface area contributed by atoms with Gasteiger partial charge in [0.1, 0.15) is 10.7 Å². The first-order chi connectivity index (χ1) is 9.82. The lowest BCUT2D eigenvalue weighted by molar-refractivity contribution is 0.466. The summed E-state index contributed by atoms with van der Waals surface area (Å²) in [6, 6.07) is 5.59. The van der Waals surface area contributed by atoms with Crippen molar-refractivity contribution in [3.05, 3.63) is 52.5 Å². The quantitative estimate of drug-likeness (QED) is 0.834. The Morgan fingerprint density at radius 3 is 2.57 bits per heavy atom. The molecule has 0 aliphatic carbocycles. The summed E-state index contributed by atoms with van der Waals surface area (Å²) in [5.41, 5.74) is 6.29. The van der Waals surface area contributed by atoms with Crippen molar-refractivity contribution in [1.29, 1.82) is 0 Å². The zero-order valence-electron chi connectivity index (χ0n) is 11.1. The first kappa shape index (κ1) is 15.9. The summed E-state index contributed by atoms with van der Waals surface area (Å²) in [7, 11) is -2.38. The predicted molar refractivity (Wildman–Crippen MR) is 81.4 cm³/mol. The van der Waals surface area contributed by atoms with E-state index in [1.807, 2.05) is 0 Å². The largest absolute Gasteiger partial charge is 0.398 e. The maximum Gasteiger partial charge on any atom is 0.245 e. The molecule has 0 spiro atoms. The van der Waals surface area contributed by atoms with E-state index in [4.69, 9.17) is 5.73 Å². The molecule has 2 rings (SSSR count). The molecule has 0 saturated heterocycles. The van der Waals surface area contributed by atoms with Gasteiger partial charge in [0, 0.05) is 26.0 Å². The second-order valence-corrected chi connectivity index (χ2v) is 7.29. The number of hydrogen-bond donors (Lipinski definition) is 1. The van der Waals surface area contributed by atoms with Gasteiger partial charge in [0.15, 0.2) is 0 Å². The number of hydrogen-bond acceptors (Lipinski definition) is 4. The molecule has 0 unspecified atom stereocenters. The van der Waals surface area contributed by atoms with Crippen LogP contribution in [-0.4, -0.2) is 24.8 Å². The van der Waals surface area contributed by atoms with Gasteiger partial charge in [-0.1, -0.05) is 0 Å². The highest BCUT2D eigenvalue weighted by atomic mass is 79.9. The predicted octanol–water partition coefficient (Wildman–Crippen LogP) is 2.39. The van der Waals surface area contributed by atoms with Gasteiger partial charge < -0.3 is 5.73 Å². The smallest absolute Gasteiger partial charge is 0.245 e. The molecule has 0 radical (unpaired) electrons. The van der Waals surface area contributed by atoms with Gasteiger partial charge >= 0.3 is 0 Å². The standard InChI is InChI=1S/C13H13BrFN3O2S/c1-18(8-9-2-4-17-5-3-9)21(19,20)13-6-10(14)11(15)7-12(13)16/h2-7H,8,16H2,1H3. The molecule has 2 aromatic rings. The minimum atomic E-state index is -3.82. The second-order valence-electron chi connectivity index (χ2n) is 4.42. The molecule has 0 aliphatic rings. The average molecular weight is 374 g/mol. The molecule has 0 aliphatic heterocycles. The van der Waals surface area contributed by atoms with Crippen molar-refractivity contribution in [1.82, 2.24) is 9.29 Å². The molecule has 0 atom stereocenters. The van der Waals surface area contributed by atoms with Crippen molar-refractivity contribution >= 4 is 31.6 Å². The molecule has 21 heavy (non-hydrogen) atoms. The molecule has 1 aromatic heterocycles. The maximum absolute atomic E-state index is 13.4. The summed E-state index contributed by atoms with van der Waals surface area (Å²) in [4.78, 5) is 3.74. The summed E-state index contributed by atoms with van der Waals surface area (Å²) in [5, 5.41) is 0. The van der Waals surface area contributed by atoms with Crippen molar-refractivity contribution in [2.45, 2.75) is 11.4 Å². The SMILES string of the molecule is CN(Cc1ccncc1)S(=O)(=O)c1cc(Br)c(F)cc1N. The van der Waals surface area contributed by atoms with Gasteiger partial charge in [-0.3, -0.25) is 4.98 Å². The first-order valence-corrected chi connectivity index (χ1v) is 8.15. The lowest BCUT2D eigenvalue weighted by Crippen LogP contribution is -2.27. The number of nitrogens with zero attached hydrogens (tertiary/aromatic N) is 2. The Morgan fingerprint density at radius 2 is 1.95 bits per heavy atom. The van der Waals surface area contributed by atoms with E-state index in [9.17, 15) is 12.8 Å². The maximum atomic E-state index is 13.4. The minimum absolute atomic E-state index is 0.0487. The van der Waals surface area contributed by atoms with E-state index in [2.05, 4.69) is 20.9 Å². The number of pyridine rings is 1. The van der Waals surface area contributed by atoms with Crippen LogP contribution < -0.4 is 5.73 Å². The van der Waals surface area contributed by atoms with Gasteiger partial charge in [0.05, 0.1) is 10.2 Å². The molecule has 0 bridgehead atoms. The first-order valence-electron chi connectivity index (χ1n) is 5.92. The van der Waals surface area contributed by atoms with E-state index < -0.39 is 15.8 Å². The fraction of sp³-hybridized carbons (Fsp3) is 0.154. The Hall–Kier alpha value is -1.51. The Morgan fingerprint density at radius 1 is 1.33 bits per heavy atom. The van der Waals surface area contributed by atoms with Crippen molar-refractivity contribution < 1.29 is 12.8 Å². The summed E-state index contributed by atoms with van der Waals surface area (Å²) >= 11 is 2.97. The van der Waals surface area contributed by atoms with Crippen LogP contribution >= 0.6 is 15.9 Å². The number of aromatic nitrogens is 1. The van der Waals surface area contributed by atoms with Crippen molar-refractivity contribution in [2.75, 3.05) is 12.8 Å². The number of anilines is 1. The Balaban J connectivity index is 2.36. The summed E-state index contributed by atoms with van der Waals surface area (Å²) in [5.74, 6) is -0.608. The highest BCUT2D eigenvalue weighted by Crippen LogP contribution is 2.28. The Bertz CT molecular complexity index is 754. The third-order valence-electron chi connectivity index (χ3n) is 2.90. The molecule has 0 fully saturated rings. The van der Waals surface area contributed by atoms with Crippen molar-refractivity contribution in [3.8, 4) is 0 Å². The molecule has 5 nitrogen and oxygen atoms in total. The van der Waals surface area contributed by atoms with Crippen LogP contribution in [-0.2, 0) is 16.6 Å². The van der Waals surface area contributed by atoms with Gasteiger partial charge in [0.25, 0.3) is 0 Å². The lowest BCUT2D eigenvalue weighted by atomic mass is 10.3. The minimum Gasteiger partial charge on any atom is -0.398 e. The van der Waals surface area contributed by atoms with Crippen molar-refractivity contribution in [3.63, 3.8) is 0 Å². The topological polar surface area (TPSA) is 76.3 Å². The molecule has 1 aromatic carbocycles. The number of halogens is 2. The third kappa shape index (κ3) is 3.39. The van der Waals surface area contributed by atoms with Gasteiger partial charge in [-0.25, -0.2) is 12.8 Å².